The SMILES string of the molecule is O=C(Nc1nnc(-c2ccc(Cl)cc2Cl)o1)C1CCCN1S(=O)(=O)c1cccs1. The molecule has 1 aromatic carbocycles. The number of thiophene rings is 1. The van der Waals surface area contributed by atoms with Gasteiger partial charge in [0.1, 0.15) is 10.3 Å². The van der Waals surface area contributed by atoms with Crippen molar-refractivity contribution in [2.24, 2.45) is 0 Å². The van der Waals surface area contributed by atoms with Gasteiger partial charge in [-0.15, -0.1) is 16.4 Å². The Balaban J connectivity index is 1.52. The summed E-state index contributed by atoms with van der Waals surface area (Å²) >= 11 is 13.1. The van der Waals surface area contributed by atoms with E-state index in [0.717, 1.165) is 11.3 Å². The lowest BCUT2D eigenvalue weighted by atomic mass is 10.2. The zero-order chi connectivity index (χ0) is 20.6. The zero-order valence-electron chi connectivity index (χ0n) is 14.7. The molecule has 4 rings (SSSR count). The van der Waals surface area contributed by atoms with E-state index in [1.54, 1.807) is 23.6 Å². The number of halogens is 2. The summed E-state index contributed by atoms with van der Waals surface area (Å²) in [6.07, 6.45) is 0.985. The molecule has 1 fully saturated rings. The third-order valence-corrected chi connectivity index (χ3v) is 8.21. The Morgan fingerprint density at radius 2 is 2.10 bits per heavy atom. The first-order valence-corrected chi connectivity index (χ1v) is 11.6. The third kappa shape index (κ3) is 4.03. The highest BCUT2D eigenvalue weighted by Crippen LogP contribution is 2.31. The number of carbonyl (C=O) groups excluding carboxylic acids is 1. The first-order valence-electron chi connectivity index (χ1n) is 8.51. The second kappa shape index (κ2) is 8.04. The maximum atomic E-state index is 12.8. The van der Waals surface area contributed by atoms with Crippen molar-refractivity contribution in [2.75, 3.05) is 11.9 Å². The van der Waals surface area contributed by atoms with E-state index < -0.39 is 22.0 Å². The van der Waals surface area contributed by atoms with E-state index in [4.69, 9.17) is 27.6 Å². The van der Waals surface area contributed by atoms with E-state index in [-0.39, 0.29) is 22.7 Å². The average Bonchev–Trinajstić information content (AvgIpc) is 3.43. The van der Waals surface area contributed by atoms with Crippen LogP contribution in [-0.2, 0) is 14.8 Å². The van der Waals surface area contributed by atoms with Crippen LogP contribution in [0.5, 0.6) is 0 Å². The van der Waals surface area contributed by atoms with Gasteiger partial charge in [0.25, 0.3) is 15.9 Å². The number of nitrogens with one attached hydrogen (secondary N) is 1. The van der Waals surface area contributed by atoms with Gasteiger partial charge < -0.3 is 4.42 Å². The van der Waals surface area contributed by atoms with Crippen LogP contribution in [-0.4, -0.2) is 41.4 Å². The number of sulfonamides is 1. The number of nitrogens with zero attached hydrogens (tertiary/aromatic N) is 3. The molecule has 0 bridgehead atoms. The van der Waals surface area contributed by atoms with E-state index in [1.165, 1.54) is 16.4 Å². The van der Waals surface area contributed by atoms with Crippen molar-refractivity contribution in [3.63, 3.8) is 0 Å². The summed E-state index contributed by atoms with van der Waals surface area (Å²) in [6.45, 7) is 0.272. The van der Waals surface area contributed by atoms with E-state index in [9.17, 15) is 13.2 Å². The van der Waals surface area contributed by atoms with E-state index >= 15 is 0 Å². The van der Waals surface area contributed by atoms with Gasteiger partial charge in [-0.1, -0.05) is 34.4 Å². The molecule has 1 amide bonds. The number of hydrogen-bond acceptors (Lipinski definition) is 7. The van der Waals surface area contributed by atoms with Crippen LogP contribution in [0.1, 0.15) is 12.8 Å². The highest BCUT2D eigenvalue weighted by molar-refractivity contribution is 7.91. The third-order valence-electron chi connectivity index (χ3n) is 4.38. The fourth-order valence-electron chi connectivity index (χ4n) is 3.05. The van der Waals surface area contributed by atoms with Crippen LogP contribution in [0.3, 0.4) is 0 Å². The minimum atomic E-state index is -3.73. The first kappa shape index (κ1) is 20.3. The summed E-state index contributed by atoms with van der Waals surface area (Å²) in [5.41, 5.74) is 0.465. The number of amides is 1. The standard InChI is InChI=1S/C17H14Cl2N4O4S2/c18-10-5-6-11(12(19)9-10)16-21-22-17(27-16)20-15(24)13-3-1-7-23(13)29(25,26)14-4-2-8-28-14/h2,4-6,8-9,13H,1,3,7H2,(H,20,22,24). The Morgan fingerprint density at radius 3 is 2.83 bits per heavy atom. The first-order chi connectivity index (χ1) is 13.9. The molecule has 2 aromatic heterocycles. The lowest BCUT2D eigenvalue weighted by Gasteiger charge is -2.21. The summed E-state index contributed by atoms with van der Waals surface area (Å²) in [5.74, 6) is -0.420. The highest BCUT2D eigenvalue weighted by Gasteiger charge is 2.40. The minimum absolute atomic E-state index is 0.108. The van der Waals surface area contributed by atoms with Gasteiger partial charge in [-0.25, -0.2) is 8.42 Å². The van der Waals surface area contributed by atoms with Gasteiger partial charge in [-0.2, -0.15) is 4.31 Å². The van der Waals surface area contributed by atoms with E-state index in [0.29, 0.717) is 28.5 Å². The fourth-order valence-corrected chi connectivity index (χ4v) is 6.32. The monoisotopic (exact) mass is 472 g/mol. The summed E-state index contributed by atoms with van der Waals surface area (Å²) in [4.78, 5) is 12.7. The van der Waals surface area contributed by atoms with Crippen molar-refractivity contribution < 1.29 is 17.6 Å². The molecule has 3 heterocycles. The maximum absolute atomic E-state index is 12.8. The molecule has 1 saturated heterocycles. The second-order valence-electron chi connectivity index (χ2n) is 6.23. The number of rotatable bonds is 5. The topological polar surface area (TPSA) is 105 Å². The molecule has 0 spiro atoms. The molecule has 1 N–H and O–H groups in total. The molecule has 152 valence electrons. The van der Waals surface area contributed by atoms with Crippen molar-refractivity contribution in [3.8, 4) is 11.5 Å². The molecule has 29 heavy (non-hydrogen) atoms. The van der Waals surface area contributed by atoms with Crippen LogP contribution in [0.15, 0.2) is 44.3 Å². The van der Waals surface area contributed by atoms with Crippen LogP contribution in [0, 0.1) is 0 Å². The molecule has 3 aromatic rings. The van der Waals surface area contributed by atoms with Crippen molar-refractivity contribution in [1.29, 1.82) is 0 Å². The lowest BCUT2D eigenvalue weighted by Crippen LogP contribution is -2.42. The highest BCUT2D eigenvalue weighted by atomic mass is 35.5. The Labute approximate surface area is 180 Å². The van der Waals surface area contributed by atoms with Crippen molar-refractivity contribution in [1.82, 2.24) is 14.5 Å². The molecular weight excluding hydrogens is 459 g/mol. The lowest BCUT2D eigenvalue weighted by molar-refractivity contribution is -0.119. The molecule has 12 heteroatoms. The minimum Gasteiger partial charge on any atom is -0.403 e. The van der Waals surface area contributed by atoms with Crippen molar-refractivity contribution in [2.45, 2.75) is 23.1 Å². The molecule has 8 nitrogen and oxygen atoms in total. The van der Waals surface area contributed by atoms with Gasteiger partial charge in [0.15, 0.2) is 0 Å². The summed E-state index contributed by atoms with van der Waals surface area (Å²) in [5, 5.41) is 12.6. The Bertz CT molecular complexity index is 1150. The number of carbonyl (C=O) groups is 1. The van der Waals surface area contributed by atoms with Crippen LogP contribution in [0.2, 0.25) is 10.0 Å². The maximum Gasteiger partial charge on any atom is 0.322 e. The number of aromatic nitrogens is 2. The van der Waals surface area contributed by atoms with Crippen LogP contribution < -0.4 is 5.32 Å². The smallest absolute Gasteiger partial charge is 0.322 e. The van der Waals surface area contributed by atoms with Gasteiger partial charge in [-0.05, 0) is 42.5 Å². The van der Waals surface area contributed by atoms with Gasteiger partial charge in [0.05, 0.1) is 10.6 Å². The van der Waals surface area contributed by atoms with Gasteiger partial charge in [0, 0.05) is 11.6 Å². The summed E-state index contributed by atoms with van der Waals surface area (Å²) < 4.78 is 32.5. The Kier molecular flexibility index (Phi) is 5.63. The molecule has 1 aliphatic heterocycles. The van der Waals surface area contributed by atoms with Gasteiger partial charge >= 0.3 is 6.01 Å². The molecule has 0 aliphatic carbocycles. The molecule has 1 aliphatic rings. The number of hydrogen-bond donors (Lipinski definition) is 1. The Morgan fingerprint density at radius 1 is 1.28 bits per heavy atom. The largest absolute Gasteiger partial charge is 0.403 e. The predicted octanol–water partition coefficient (Wildman–Crippen LogP) is 3.90. The normalized spacial score (nSPS) is 17.5. The fraction of sp³-hybridized carbons (Fsp3) is 0.235. The van der Waals surface area contributed by atoms with E-state index in [1.807, 2.05) is 0 Å². The Hall–Kier alpha value is -1.98. The molecule has 1 unspecified atom stereocenters. The van der Waals surface area contributed by atoms with Crippen molar-refractivity contribution in [3.05, 3.63) is 45.8 Å². The number of benzene rings is 1. The van der Waals surface area contributed by atoms with Gasteiger partial charge in [-0.3, -0.25) is 10.1 Å². The van der Waals surface area contributed by atoms with Crippen LogP contribution in [0.4, 0.5) is 6.01 Å². The average molecular weight is 473 g/mol. The molecule has 0 radical (unpaired) electrons. The van der Waals surface area contributed by atoms with Gasteiger partial charge in [0.2, 0.25) is 5.91 Å². The molecule has 0 saturated carbocycles. The molecule has 1 atom stereocenters. The predicted molar refractivity (Wildman–Crippen MR) is 110 cm³/mol. The van der Waals surface area contributed by atoms with Crippen LogP contribution in [0.25, 0.3) is 11.5 Å². The second-order valence-corrected chi connectivity index (χ2v) is 10.1. The van der Waals surface area contributed by atoms with Crippen molar-refractivity contribution >= 4 is 56.5 Å². The summed E-state index contributed by atoms with van der Waals surface area (Å²) in [6, 6.07) is 6.96. The van der Waals surface area contributed by atoms with E-state index in [2.05, 4.69) is 15.5 Å². The molecular formula is C17H14Cl2N4O4S2. The summed E-state index contributed by atoms with van der Waals surface area (Å²) in [7, 11) is -3.73. The quantitative estimate of drug-likeness (QED) is 0.603. The van der Waals surface area contributed by atoms with Crippen LogP contribution >= 0.6 is 34.5 Å². The number of anilines is 1. The zero-order valence-corrected chi connectivity index (χ0v) is 17.9.